The van der Waals surface area contributed by atoms with Gasteiger partial charge in [-0.2, -0.15) is 0 Å². The Morgan fingerprint density at radius 3 is 2.45 bits per heavy atom. The molecule has 4 heteroatoms. The highest BCUT2D eigenvalue weighted by atomic mass is 32.1. The Bertz CT molecular complexity index is 565. The second kappa shape index (κ2) is 6.77. The van der Waals surface area contributed by atoms with Crippen LogP contribution in [0.1, 0.15) is 29.0 Å². The van der Waals surface area contributed by atoms with Gasteiger partial charge in [-0.15, -0.1) is 11.3 Å². The average Bonchev–Trinajstić information content (AvgIpc) is 2.90. The van der Waals surface area contributed by atoms with Crippen LogP contribution in [0.2, 0.25) is 0 Å². The first-order valence-corrected chi connectivity index (χ1v) is 7.58. The zero-order valence-electron chi connectivity index (χ0n) is 12.4. The number of rotatable bonds is 6. The summed E-state index contributed by atoms with van der Waals surface area (Å²) in [4.78, 5) is 1.35. The largest absolute Gasteiger partial charge is 0.493 e. The maximum atomic E-state index is 5.40. The Morgan fingerprint density at radius 1 is 1.15 bits per heavy atom. The lowest BCUT2D eigenvalue weighted by Gasteiger charge is -2.19. The van der Waals surface area contributed by atoms with Crippen molar-refractivity contribution < 1.29 is 9.47 Å². The molecule has 0 amide bonds. The van der Waals surface area contributed by atoms with Gasteiger partial charge in [0.05, 0.1) is 20.3 Å². The van der Waals surface area contributed by atoms with Crippen LogP contribution in [0, 0.1) is 6.92 Å². The van der Waals surface area contributed by atoms with E-state index >= 15 is 0 Å². The molecule has 0 saturated heterocycles. The van der Waals surface area contributed by atoms with Crippen molar-refractivity contribution in [2.75, 3.05) is 20.8 Å². The van der Waals surface area contributed by atoms with Gasteiger partial charge in [0, 0.05) is 4.88 Å². The Morgan fingerprint density at radius 2 is 1.90 bits per heavy atom. The Labute approximate surface area is 124 Å². The minimum absolute atomic E-state index is 0.194. The molecule has 0 saturated carbocycles. The van der Waals surface area contributed by atoms with E-state index in [0.717, 1.165) is 18.0 Å². The summed E-state index contributed by atoms with van der Waals surface area (Å²) in [6.45, 7) is 5.18. The molecule has 20 heavy (non-hydrogen) atoms. The quantitative estimate of drug-likeness (QED) is 0.878. The topological polar surface area (TPSA) is 30.5 Å². The summed E-state index contributed by atoms with van der Waals surface area (Å²) < 4.78 is 10.7. The Kier molecular flexibility index (Phi) is 5.04. The number of nitrogens with one attached hydrogen (secondary N) is 1. The molecule has 1 atom stereocenters. The standard InChI is InChI=1S/C16H21NO2S/c1-5-17-15(16-11(2)8-9-20-16)12-6-7-13(18-3)14(10-12)19-4/h6-10,15,17H,5H2,1-4H3. The molecule has 0 fully saturated rings. The van der Waals surface area contributed by atoms with Crippen LogP contribution < -0.4 is 14.8 Å². The summed E-state index contributed by atoms with van der Waals surface area (Å²) >= 11 is 1.78. The lowest BCUT2D eigenvalue weighted by atomic mass is 10.0. The maximum Gasteiger partial charge on any atom is 0.161 e. The lowest BCUT2D eigenvalue weighted by Crippen LogP contribution is -2.21. The molecule has 3 nitrogen and oxygen atoms in total. The average molecular weight is 291 g/mol. The molecule has 0 radical (unpaired) electrons. The van der Waals surface area contributed by atoms with Gasteiger partial charge in [-0.1, -0.05) is 13.0 Å². The molecule has 2 aromatic rings. The molecule has 0 aliphatic rings. The maximum absolute atomic E-state index is 5.40. The fourth-order valence-corrected chi connectivity index (χ4v) is 3.31. The van der Waals surface area contributed by atoms with Gasteiger partial charge in [-0.05, 0) is 48.2 Å². The molecule has 0 bridgehead atoms. The van der Waals surface area contributed by atoms with Crippen LogP contribution in [-0.2, 0) is 0 Å². The molecule has 108 valence electrons. The zero-order valence-corrected chi connectivity index (χ0v) is 13.2. The normalized spacial score (nSPS) is 12.2. The predicted molar refractivity (Wildman–Crippen MR) is 84.1 cm³/mol. The minimum Gasteiger partial charge on any atom is -0.493 e. The van der Waals surface area contributed by atoms with Crippen molar-refractivity contribution in [2.24, 2.45) is 0 Å². The number of ether oxygens (including phenoxy) is 2. The Hall–Kier alpha value is -1.52. The van der Waals surface area contributed by atoms with E-state index < -0.39 is 0 Å². The van der Waals surface area contributed by atoms with Crippen LogP contribution in [0.4, 0.5) is 0 Å². The second-order valence-electron chi connectivity index (χ2n) is 4.57. The van der Waals surface area contributed by atoms with Crippen molar-refractivity contribution in [1.29, 1.82) is 0 Å². The van der Waals surface area contributed by atoms with E-state index in [1.54, 1.807) is 25.6 Å². The third kappa shape index (κ3) is 2.97. The predicted octanol–water partition coefficient (Wildman–Crippen LogP) is 3.77. The van der Waals surface area contributed by atoms with Crippen molar-refractivity contribution in [2.45, 2.75) is 19.9 Å². The van der Waals surface area contributed by atoms with Crippen molar-refractivity contribution in [3.05, 3.63) is 45.6 Å². The van der Waals surface area contributed by atoms with Gasteiger partial charge < -0.3 is 14.8 Å². The van der Waals surface area contributed by atoms with Crippen molar-refractivity contribution >= 4 is 11.3 Å². The van der Waals surface area contributed by atoms with Crippen molar-refractivity contribution in [3.63, 3.8) is 0 Å². The highest BCUT2D eigenvalue weighted by Crippen LogP contribution is 2.34. The molecule has 0 aliphatic heterocycles. The third-order valence-corrected chi connectivity index (χ3v) is 4.40. The summed E-state index contributed by atoms with van der Waals surface area (Å²) in [5, 5.41) is 5.68. The monoisotopic (exact) mass is 291 g/mol. The van der Waals surface area contributed by atoms with Crippen molar-refractivity contribution in [1.82, 2.24) is 5.32 Å². The number of methoxy groups -OCH3 is 2. The van der Waals surface area contributed by atoms with E-state index in [-0.39, 0.29) is 6.04 Å². The molecule has 1 aromatic carbocycles. The fourth-order valence-electron chi connectivity index (χ4n) is 2.28. The fraction of sp³-hybridized carbons (Fsp3) is 0.375. The van der Waals surface area contributed by atoms with E-state index in [2.05, 4.69) is 36.7 Å². The zero-order chi connectivity index (χ0) is 14.5. The van der Waals surface area contributed by atoms with Crippen LogP contribution in [0.15, 0.2) is 29.6 Å². The molecule has 1 N–H and O–H groups in total. The molecule has 0 spiro atoms. The number of hydrogen-bond acceptors (Lipinski definition) is 4. The van der Waals surface area contributed by atoms with Gasteiger partial charge in [0.15, 0.2) is 11.5 Å². The second-order valence-corrected chi connectivity index (χ2v) is 5.52. The molecule has 1 unspecified atom stereocenters. The van der Waals surface area contributed by atoms with E-state index in [4.69, 9.17) is 9.47 Å². The summed E-state index contributed by atoms with van der Waals surface area (Å²) in [7, 11) is 3.32. The van der Waals surface area contributed by atoms with E-state index in [0.29, 0.717) is 0 Å². The van der Waals surface area contributed by atoms with E-state index in [9.17, 15) is 0 Å². The van der Waals surface area contributed by atoms with Gasteiger partial charge in [0.1, 0.15) is 0 Å². The number of thiophene rings is 1. The first kappa shape index (κ1) is 14.9. The molecule has 2 rings (SSSR count). The molecule has 0 aliphatic carbocycles. The van der Waals surface area contributed by atoms with Crippen LogP contribution in [0.3, 0.4) is 0 Å². The highest BCUT2D eigenvalue weighted by molar-refractivity contribution is 7.10. The minimum atomic E-state index is 0.194. The SMILES string of the molecule is CCNC(c1ccc(OC)c(OC)c1)c1sccc1C. The first-order chi connectivity index (χ1) is 9.71. The number of hydrogen-bond donors (Lipinski definition) is 1. The lowest BCUT2D eigenvalue weighted by molar-refractivity contribution is 0.354. The molecule has 1 heterocycles. The summed E-state index contributed by atoms with van der Waals surface area (Å²) in [5.41, 5.74) is 2.51. The van der Waals surface area contributed by atoms with Gasteiger partial charge in [0.2, 0.25) is 0 Å². The summed E-state index contributed by atoms with van der Waals surface area (Å²) in [6.07, 6.45) is 0. The highest BCUT2D eigenvalue weighted by Gasteiger charge is 2.18. The molecular weight excluding hydrogens is 270 g/mol. The van der Waals surface area contributed by atoms with Crippen LogP contribution in [0.25, 0.3) is 0 Å². The van der Waals surface area contributed by atoms with Gasteiger partial charge >= 0.3 is 0 Å². The van der Waals surface area contributed by atoms with Crippen LogP contribution in [0.5, 0.6) is 11.5 Å². The Balaban J connectivity index is 2.42. The number of benzene rings is 1. The van der Waals surface area contributed by atoms with Crippen LogP contribution >= 0.6 is 11.3 Å². The molecule has 1 aromatic heterocycles. The van der Waals surface area contributed by atoms with Gasteiger partial charge in [-0.3, -0.25) is 0 Å². The van der Waals surface area contributed by atoms with Gasteiger partial charge in [-0.25, -0.2) is 0 Å². The smallest absolute Gasteiger partial charge is 0.161 e. The van der Waals surface area contributed by atoms with E-state index in [1.165, 1.54) is 16.0 Å². The van der Waals surface area contributed by atoms with E-state index in [1.807, 2.05) is 12.1 Å². The molecular formula is C16H21NO2S. The van der Waals surface area contributed by atoms with Gasteiger partial charge in [0.25, 0.3) is 0 Å². The van der Waals surface area contributed by atoms with Crippen LogP contribution in [-0.4, -0.2) is 20.8 Å². The third-order valence-electron chi connectivity index (χ3n) is 3.31. The van der Waals surface area contributed by atoms with Crippen molar-refractivity contribution in [3.8, 4) is 11.5 Å². The first-order valence-electron chi connectivity index (χ1n) is 6.70. The summed E-state index contributed by atoms with van der Waals surface area (Å²) in [5.74, 6) is 1.52. The number of aryl methyl sites for hydroxylation is 1. The summed E-state index contributed by atoms with van der Waals surface area (Å²) in [6, 6.07) is 8.45.